The summed E-state index contributed by atoms with van der Waals surface area (Å²) < 4.78 is 10.6. The number of carbonyl (C=O) groups is 3. The number of unbranched alkanes of at least 4 members (excludes halogenated alkanes) is 3. The fraction of sp³-hybridized carbons (Fsp3) is 0.526. The predicted molar refractivity (Wildman–Crippen MR) is 94.0 cm³/mol. The number of nitrogens with zero attached hydrogens (tertiary/aromatic N) is 1. The number of ketones is 1. The van der Waals surface area contributed by atoms with E-state index in [2.05, 4.69) is 6.92 Å². The van der Waals surface area contributed by atoms with E-state index in [4.69, 9.17) is 9.47 Å². The van der Waals surface area contributed by atoms with Crippen LogP contribution in [0, 0.1) is 0 Å². The molecule has 0 fully saturated rings. The molecule has 0 atom stereocenters. The molecule has 0 unspecified atom stereocenters. The average Bonchev–Trinajstić information content (AvgIpc) is 2.62. The van der Waals surface area contributed by atoms with Crippen LogP contribution in [-0.4, -0.2) is 37.4 Å². The van der Waals surface area contributed by atoms with E-state index in [1.54, 1.807) is 25.1 Å². The summed E-state index contributed by atoms with van der Waals surface area (Å²) in [6, 6.07) is 4.94. The number of rotatable bonds is 9. The molecule has 1 amide bonds. The highest BCUT2D eigenvalue weighted by molar-refractivity contribution is 6.03. The largest absolute Gasteiger partial charge is 0.482 e. The molecule has 1 aromatic carbocycles. The van der Waals surface area contributed by atoms with E-state index < -0.39 is 5.97 Å². The van der Waals surface area contributed by atoms with Crippen molar-refractivity contribution in [2.45, 2.75) is 46.0 Å². The number of amides is 1. The van der Waals surface area contributed by atoms with E-state index in [9.17, 15) is 14.4 Å². The maximum absolute atomic E-state index is 12.2. The molecule has 136 valence electrons. The van der Waals surface area contributed by atoms with Crippen LogP contribution in [0.25, 0.3) is 0 Å². The number of anilines is 1. The second-order valence-corrected chi connectivity index (χ2v) is 6.01. The first-order chi connectivity index (χ1) is 12.1. The van der Waals surface area contributed by atoms with Gasteiger partial charge in [-0.15, -0.1) is 0 Å². The van der Waals surface area contributed by atoms with E-state index in [0.717, 1.165) is 25.7 Å². The van der Waals surface area contributed by atoms with Gasteiger partial charge in [0.05, 0.1) is 12.3 Å². The van der Waals surface area contributed by atoms with Crippen LogP contribution >= 0.6 is 0 Å². The van der Waals surface area contributed by atoms with Crippen molar-refractivity contribution in [1.29, 1.82) is 0 Å². The van der Waals surface area contributed by atoms with E-state index in [1.165, 1.54) is 4.90 Å². The Morgan fingerprint density at radius 2 is 2.00 bits per heavy atom. The molecule has 0 N–H and O–H groups in total. The van der Waals surface area contributed by atoms with Crippen LogP contribution in [0.15, 0.2) is 18.2 Å². The summed E-state index contributed by atoms with van der Waals surface area (Å²) in [4.78, 5) is 37.5. The Morgan fingerprint density at radius 3 is 2.72 bits per heavy atom. The Hall–Kier alpha value is -2.37. The smallest absolute Gasteiger partial charge is 0.326 e. The molecule has 0 radical (unpaired) electrons. The first kappa shape index (κ1) is 19.0. The van der Waals surface area contributed by atoms with Gasteiger partial charge >= 0.3 is 5.97 Å². The topological polar surface area (TPSA) is 72.9 Å². The minimum Gasteiger partial charge on any atom is -0.482 e. The number of hydrogen-bond donors (Lipinski definition) is 0. The molecule has 0 bridgehead atoms. The van der Waals surface area contributed by atoms with Gasteiger partial charge < -0.3 is 9.47 Å². The molecule has 0 spiro atoms. The maximum atomic E-state index is 12.2. The molecular weight excluding hydrogens is 322 g/mol. The molecule has 0 aliphatic carbocycles. The van der Waals surface area contributed by atoms with E-state index in [0.29, 0.717) is 30.0 Å². The lowest BCUT2D eigenvalue weighted by Gasteiger charge is -2.29. The Balaban J connectivity index is 2.04. The second kappa shape index (κ2) is 9.20. The number of fused-ring (bicyclic) bond motifs is 1. The van der Waals surface area contributed by atoms with Crippen molar-refractivity contribution in [3.8, 4) is 5.75 Å². The first-order valence-electron chi connectivity index (χ1n) is 8.82. The first-order valence-corrected chi connectivity index (χ1v) is 8.82. The van der Waals surface area contributed by atoms with Gasteiger partial charge in [-0.2, -0.15) is 0 Å². The summed E-state index contributed by atoms with van der Waals surface area (Å²) in [5.74, 6) is -0.316. The van der Waals surface area contributed by atoms with Crippen LogP contribution < -0.4 is 9.64 Å². The minimum absolute atomic E-state index is 0.0285. The highest BCUT2D eigenvalue weighted by Gasteiger charge is 2.28. The highest BCUT2D eigenvalue weighted by atomic mass is 16.5. The van der Waals surface area contributed by atoms with E-state index >= 15 is 0 Å². The van der Waals surface area contributed by atoms with Crippen molar-refractivity contribution < 1.29 is 23.9 Å². The van der Waals surface area contributed by atoms with Crippen molar-refractivity contribution in [2.75, 3.05) is 24.7 Å². The van der Waals surface area contributed by atoms with Crippen LogP contribution in [0.5, 0.6) is 5.75 Å². The molecule has 1 aromatic rings. The molecular formula is C19H25NO5. The van der Waals surface area contributed by atoms with Crippen molar-refractivity contribution in [3.63, 3.8) is 0 Å². The van der Waals surface area contributed by atoms with Gasteiger partial charge in [-0.1, -0.05) is 33.1 Å². The lowest BCUT2D eigenvalue weighted by Crippen LogP contribution is -2.42. The zero-order valence-electron chi connectivity index (χ0n) is 14.9. The average molecular weight is 347 g/mol. The molecule has 0 saturated heterocycles. The quantitative estimate of drug-likeness (QED) is 0.390. The van der Waals surface area contributed by atoms with Gasteiger partial charge in [0, 0.05) is 12.0 Å². The number of esters is 1. The van der Waals surface area contributed by atoms with Crippen molar-refractivity contribution in [2.24, 2.45) is 0 Å². The zero-order valence-corrected chi connectivity index (χ0v) is 14.9. The lowest BCUT2D eigenvalue weighted by atomic mass is 10.1. The third-order valence-corrected chi connectivity index (χ3v) is 4.09. The SMILES string of the molecule is CCCCCCOC(=O)CN1C(=O)COc2ccc(C(=O)CC)cc21. The van der Waals surface area contributed by atoms with Gasteiger partial charge in [0.15, 0.2) is 12.4 Å². The molecule has 1 heterocycles. The van der Waals surface area contributed by atoms with Crippen molar-refractivity contribution >= 4 is 23.3 Å². The summed E-state index contributed by atoms with van der Waals surface area (Å²) >= 11 is 0. The Bertz CT molecular complexity index is 641. The standard InChI is InChI=1S/C19H25NO5/c1-3-5-6-7-10-24-19(23)12-20-15-11-14(16(21)4-2)8-9-17(15)25-13-18(20)22/h8-9,11H,3-7,10,12-13H2,1-2H3. The molecule has 25 heavy (non-hydrogen) atoms. The predicted octanol–water partition coefficient (Wildman–Crippen LogP) is 3.13. The van der Waals surface area contributed by atoms with Gasteiger partial charge in [-0.3, -0.25) is 19.3 Å². The summed E-state index contributed by atoms with van der Waals surface area (Å²) in [7, 11) is 0. The third-order valence-electron chi connectivity index (χ3n) is 4.09. The number of hydrogen-bond acceptors (Lipinski definition) is 5. The van der Waals surface area contributed by atoms with Gasteiger partial charge in [0.2, 0.25) is 0 Å². The van der Waals surface area contributed by atoms with Crippen LogP contribution in [0.2, 0.25) is 0 Å². The normalized spacial score (nSPS) is 13.2. The molecule has 1 aliphatic rings. The molecule has 1 aliphatic heterocycles. The van der Waals surface area contributed by atoms with Gasteiger partial charge in [-0.05, 0) is 24.6 Å². The van der Waals surface area contributed by atoms with E-state index in [1.807, 2.05) is 0 Å². The van der Waals surface area contributed by atoms with Crippen LogP contribution in [0.4, 0.5) is 5.69 Å². The van der Waals surface area contributed by atoms with Crippen molar-refractivity contribution in [3.05, 3.63) is 23.8 Å². The molecule has 0 saturated carbocycles. The van der Waals surface area contributed by atoms with Crippen LogP contribution in [0.3, 0.4) is 0 Å². The summed E-state index contributed by atoms with van der Waals surface area (Å²) in [5, 5.41) is 0. The molecule has 0 aromatic heterocycles. The number of ether oxygens (including phenoxy) is 2. The van der Waals surface area contributed by atoms with Gasteiger partial charge in [-0.25, -0.2) is 0 Å². The molecule has 6 heteroatoms. The van der Waals surface area contributed by atoms with E-state index in [-0.39, 0.29) is 24.8 Å². The fourth-order valence-corrected chi connectivity index (χ4v) is 2.64. The Morgan fingerprint density at radius 1 is 1.20 bits per heavy atom. The summed E-state index contributed by atoms with van der Waals surface area (Å²) in [5.41, 5.74) is 0.941. The second-order valence-electron chi connectivity index (χ2n) is 6.01. The van der Waals surface area contributed by atoms with Crippen LogP contribution in [0.1, 0.15) is 56.3 Å². The number of benzene rings is 1. The van der Waals surface area contributed by atoms with Gasteiger partial charge in [0.1, 0.15) is 12.3 Å². The maximum Gasteiger partial charge on any atom is 0.326 e. The number of carbonyl (C=O) groups excluding carboxylic acids is 3. The molecule has 2 rings (SSSR count). The number of Topliss-reactive ketones (excluding diaryl/α,β-unsaturated/α-hetero) is 1. The van der Waals surface area contributed by atoms with Gasteiger partial charge in [0.25, 0.3) is 5.91 Å². The monoisotopic (exact) mass is 347 g/mol. The highest BCUT2D eigenvalue weighted by Crippen LogP contribution is 2.33. The van der Waals surface area contributed by atoms with Crippen molar-refractivity contribution in [1.82, 2.24) is 0 Å². The Labute approximate surface area is 148 Å². The summed E-state index contributed by atoms with van der Waals surface area (Å²) in [6.07, 6.45) is 4.44. The Kier molecular flexibility index (Phi) is 6.98. The zero-order chi connectivity index (χ0) is 18.2. The fourth-order valence-electron chi connectivity index (χ4n) is 2.64. The molecule has 6 nitrogen and oxygen atoms in total. The van der Waals surface area contributed by atoms with Crippen LogP contribution in [-0.2, 0) is 14.3 Å². The lowest BCUT2D eigenvalue weighted by molar-refractivity contribution is -0.143. The minimum atomic E-state index is -0.454. The third kappa shape index (κ3) is 5.05. The summed E-state index contributed by atoms with van der Waals surface area (Å²) in [6.45, 7) is 3.95.